The molecule has 2 aliphatic rings. The first-order valence-electron chi connectivity index (χ1n) is 8.76. The summed E-state index contributed by atoms with van der Waals surface area (Å²) in [6.45, 7) is 0. The number of carbonyl (C=O) groups excluding carboxylic acids is 2. The maximum Gasteiger partial charge on any atom is 0.305 e. The maximum absolute atomic E-state index is 13.4. The smallest absolute Gasteiger partial charge is 0.305 e. The number of hydrogen-bond acceptors (Lipinski definition) is 6. The molecular weight excluding hydrogens is 476 g/mol. The van der Waals surface area contributed by atoms with Gasteiger partial charge in [-0.25, -0.2) is 4.90 Å². The zero-order valence-corrected chi connectivity index (χ0v) is 17.9. The summed E-state index contributed by atoms with van der Waals surface area (Å²) in [6.07, 6.45) is 0. The van der Waals surface area contributed by atoms with Crippen molar-refractivity contribution in [2.24, 2.45) is 5.92 Å². The fourth-order valence-electron chi connectivity index (χ4n) is 3.90. The van der Waals surface area contributed by atoms with Crippen molar-refractivity contribution in [1.29, 1.82) is 0 Å². The summed E-state index contributed by atoms with van der Waals surface area (Å²) in [7, 11) is 0. The van der Waals surface area contributed by atoms with Crippen molar-refractivity contribution in [3.05, 3.63) is 73.1 Å². The lowest BCUT2D eigenvalue weighted by Gasteiger charge is -2.29. The van der Waals surface area contributed by atoms with Crippen LogP contribution in [-0.2, 0) is 9.59 Å². The summed E-state index contributed by atoms with van der Waals surface area (Å²) in [5.74, 6) is -1.51. The predicted molar refractivity (Wildman–Crippen MR) is 115 cm³/mol. The Hall–Kier alpha value is -2.36. The summed E-state index contributed by atoms with van der Waals surface area (Å²) in [6, 6.07) is 13.6. The van der Waals surface area contributed by atoms with Crippen LogP contribution < -0.4 is 9.77 Å². The molecule has 2 aliphatic heterocycles. The number of rotatable bonds is 2. The number of fused-ring (bicyclic) bond motifs is 2. The van der Waals surface area contributed by atoms with Crippen LogP contribution in [0.1, 0.15) is 16.4 Å². The van der Waals surface area contributed by atoms with E-state index < -0.39 is 17.1 Å². The number of aromatic hydroxyl groups is 1. The van der Waals surface area contributed by atoms with E-state index in [0.717, 1.165) is 26.3 Å². The van der Waals surface area contributed by atoms with E-state index in [0.29, 0.717) is 10.7 Å². The van der Waals surface area contributed by atoms with Gasteiger partial charge in [-0.2, -0.15) is 0 Å². The minimum atomic E-state index is -0.625. The second kappa shape index (κ2) is 6.86. The number of carbonyl (C=O) groups is 2. The Morgan fingerprint density at radius 3 is 2.34 bits per heavy atom. The number of nitrogens with zero attached hydrogens (tertiary/aromatic N) is 1. The van der Waals surface area contributed by atoms with Crippen molar-refractivity contribution in [3.8, 4) is 5.75 Å². The topological polar surface area (TPSA) is 90.5 Å². The molecular formula is C20H13BrN2O4S2. The summed E-state index contributed by atoms with van der Waals surface area (Å²) in [5, 5.41) is 9.67. The quantitative estimate of drug-likeness (QED) is 0.536. The first-order chi connectivity index (χ1) is 13.9. The van der Waals surface area contributed by atoms with Gasteiger partial charge in [0.25, 0.3) is 0 Å². The monoisotopic (exact) mass is 488 g/mol. The molecule has 1 saturated heterocycles. The average molecular weight is 489 g/mol. The van der Waals surface area contributed by atoms with Gasteiger partial charge in [-0.1, -0.05) is 51.2 Å². The molecule has 6 nitrogen and oxygen atoms in total. The molecule has 146 valence electrons. The Morgan fingerprint density at radius 2 is 1.66 bits per heavy atom. The number of imide groups is 1. The molecule has 29 heavy (non-hydrogen) atoms. The highest BCUT2D eigenvalue weighted by molar-refractivity contribution is 9.10. The van der Waals surface area contributed by atoms with Gasteiger partial charge in [0.05, 0.1) is 16.6 Å². The van der Waals surface area contributed by atoms with Gasteiger partial charge in [0.1, 0.15) is 11.0 Å². The number of phenolic OH excluding ortho intramolecular Hbond substituents is 1. The summed E-state index contributed by atoms with van der Waals surface area (Å²) in [5.41, 5.74) is 1.31. The SMILES string of the molecule is O=C1C2Sc3[nH]c(=O)sc3[C@H](c3ccc(O)cc3)C2C(=O)N1c1ccc(Br)cc1. The molecule has 1 fully saturated rings. The number of nitrogens with one attached hydrogen (secondary N) is 1. The van der Waals surface area contributed by atoms with E-state index in [2.05, 4.69) is 20.9 Å². The number of aromatic nitrogens is 1. The number of thioether (sulfide) groups is 1. The van der Waals surface area contributed by atoms with Crippen LogP contribution in [0.2, 0.25) is 0 Å². The van der Waals surface area contributed by atoms with Crippen LogP contribution in [0.25, 0.3) is 0 Å². The predicted octanol–water partition coefficient (Wildman–Crippen LogP) is 3.70. The molecule has 0 spiro atoms. The second-order valence-electron chi connectivity index (χ2n) is 6.83. The third-order valence-electron chi connectivity index (χ3n) is 5.16. The molecule has 2 N–H and O–H groups in total. The lowest BCUT2D eigenvalue weighted by atomic mass is 9.83. The average Bonchev–Trinajstić information content (AvgIpc) is 3.19. The van der Waals surface area contributed by atoms with E-state index in [1.54, 1.807) is 48.5 Å². The summed E-state index contributed by atoms with van der Waals surface area (Å²) >= 11 is 5.68. The van der Waals surface area contributed by atoms with Crippen LogP contribution in [0.3, 0.4) is 0 Å². The van der Waals surface area contributed by atoms with E-state index in [4.69, 9.17) is 0 Å². The minimum Gasteiger partial charge on any atom is -0.508 e. The second-order valence-corrected chi connectivity index (χ2v) is 9.91. The molecule has 2 unspecified atom stereocenters. The van der Waals surface area contributed by atoms with Crippen LogP contribution in [0.4, 0.5) is 5.69 Å². The lowest BCUT2D eigenvalue weighted by Crippen LogP contribution is -2.32. The molecule has 0 radical (unpaired) electrons. The van der Waals surface area contributed by atoms with Gasteiger partial charge < -0.3 is 10.1 Å². The molecule has 0 bridgehead atoms. The molecule has 3 aromatic rings. The first kappa shape index (κ1) is 18.7. The lowest BCUT2D eigenvalue weighted by molar-refractivity contribution is -0.122. The number of hydrogen-bond donors (Lipinski definition) is 2. The third-order valence-corrected chi connectivity index (χ3v) is 8.09. The van der Waals surface area contributed by atoms with Crippen LogP contribution in [0.5, 0.6) is 5.75 Å². The van der Waals surface area contributed by atoms with Crippen LogP contribution in [-0.4, -0.2) is 27.2 Å². The highest BCUT2D eigenvalue weighted by Gasteiger charge is 2.56. The van der Waals surface area contributed by atoms with Gasteiger partial charge in [0.15, 0.2) is 0 Å². The van der Waals surface area contributed by atoms with E-state index in [1.165, 1.54) is 16.7 Å². The molecule has 0 aliphatic carbocycles. The number of amides is 2. The largest absolute Gasteiger partial charge is 0.508 e. The van der Waals surface area contributed by atoms with Gasteiger partial charge in [0, 0.05) is 15.3 Å². The standard InChI is InChI=1S/C20H13BrN2O4S2/c21-10-3-5-11(6-4-10)23-18(25)14-13(9-1-7-12(24)8-2-9)15-17(22-20(27)29-15)28-16(14)19(23)26/h1-8,13-14,16,24H,(H,22,27)/t13-,14?,16?/m1/s1. The van der Waals surface area contributed by atoms with E-state index >= 15 is 0 Å². The van der Waals surface area contributed by atoms with Crippen molar-refractivity contribution in [2.75, 3.05) is 4.90 Å². The van der Waals surface area contributed by atoms with Crippen molar-refractivity contribution in [1.82, 2.24) is 4.98 Å². The van der Waals surface area contributed by atoms with Crippen molar-refractivity contribution in [2.45, 2.75) is 16.2 Å². The van der Waals surface area contributed by atoms with Gasteiger partial charge in [-0.15, -0.1) is 0 Å². The zero-order chi connectivity index (χ0) is 20.3. The number of thiazole rings is 1. The molecule has 9 heteroatoms. The Labute approximate surface area is 181 Å². The van der Waals surface area contributed by atoms with Crippen molar-refractivity contribution < 1.29 is 14.7 Å². The number of anilines is 1. The van der Waals surface area contributed by atoms with Gasteiger partial charge >= 0.3 is 4.87 Å². The number of phenols is 1. The van der Waals surface area contributed by atoms with Gasteiger partial charge in [-0.3, -0.25) is 14.4 Å². The number of aromatic amines is 1. The van der Waals surface area contributed by atoms with Crippen LogP contribution in [0, 0.1) is 5.92 Å². The number of benzene rings is 2. The van der Waals surface area contributed by atoms with Crippen molar-refractivity contribution in [3.63, 3.8) is 0 Å². The Kier molecular flexibility index (Phi) is 4.41. The summed E-state index contributed by atoms with van der Waals surface area (Å²) < 4.78 is 0.855. The maximum atomic E-state index is 13.4. The molecule has 0 saturated carbocycles. The fraction of sp³-hybridized carbons (Fsp3) is 0.150. The van der Waals surface area contributed by atoms with Crippen LogP contribution in [0.15, 0.2) is 62.8 Å². The van der Waals surface area contributed by atoms with Crippen LogP contribution >= 0.6 is 39.0 Å². The van der Waals surface area contributed by atoms with E-state index in [-0.39, 0.29) is 22.4 Å². The summed E-state index contributed by atoms with van der Waals surface area (Å²) in [4.78, 5) is 43.3. The highest BCUT2D eigenvalue weighted by atomic mass is 79.9. The van der Waals surface area contributed by atoms with Crippen molar-refractivity contribution >= 4 is 56.5 Å². The minimum absolute atomic E-state index is 0.114. The Bertz CT molecular complexity index is 1190. The molecule has 2 amide bonds. The third kappa shape index (κ3) is 2.95. The molecule has 5 rings (SSSR count). The first-order valence-corrected chi connectivity index (χ1v) is 11.2. The molecule has 3 heterocycles. The normalized spacial score (nSPS) is 23.2. The van der Waals surface area contributed by atoms with E-state index in [9.17, 15) is 19.5 Å². The Morgan fingerprint density at radius 1 is 0.966 bits per heavy atom. The van der Waals surface area contributed by atoms with Gasteiger partial charge in [0.2, 0.25) is 11.8 Å². The fourth-order valence-corrected chi connectivity index (χ4v) is 6.68. The zero-order valence-electron chi connectivity index (χ0n) is 14.7. The number of H-pyrrole nitrogens is 1. The molecule has 2 aromatic carbocycles. The Balaban J connectivity index is 1.64. The van der Waals surface area contributed by atoms with Gasteiger partial charge in [-0.05, 0) is 42.0 Å². The highest BCUT2D eigenvalue weighted by Crippen LogP contribution is 2.53. The number of halogens is 1. The van der Waals surface area contributed by atoms with E-state index in [1.807, 2.05) is 0 Å². The molecule has 1 aromatic heterocycles. The molecule has 3 atom stereocenters.